The van der Waals surface area contributed by atoms with E-state index in [9.17, 15) is 4.79 Å². The first kappa shape index (κ1) is 14.3. The summed E-state index contributed by atoms with van der Waals surface area (Å²) in [4.78, 5) is 16.0. The minimum absolute atomic E-state index is 0.0533. The van der Waals surface area contributed by atoms with Gasteiger partial charge in [-0.25, -0.2) is 14.5 Å². The number of carbonyl (C=O) groups excluding carboxylic acids is 1. The number of hydrogen-bond acceptors (Lipinski definition) is 5. The van der Waals surface area contributed by atoms with Crippen molar-refractivity contribution in [3.63, 3.8) is 0 Å². The average molecular weight is 318 g/mol. The molecule has 0 bridgehead atoms. The van der Waals surface area contributed by atoms with Gasteiger partial charge < -0.3 is 4.74 Å². The highest BCUT2D eigenvalue weighted by Crippen LogP contribution is 2.15. The molecule has 0 amide bonds. The van der Waals surface area contributed by atoms with Crippen molar-refractivity contribution in [3.05, 3.63) is 59.4 Å². The van der Waals surface area contributed by atoms with Crippen molar-refractivity contribution in [2.75, 3.05) is 0 Å². The van der Waals surface area contributed by atoms with Gasteiger partial charge in [-0.3, -0.25) is 4.68 Å². The number of halogens is 1. The van der Waals surface area contributed by atoms with E-state index in [0.717, 1.165) is 5.69 Å². The van der Waals surface area contributed by atoms with Crippen LogP contribution < -0.4 is 0 Å². The SMILES string of the molecule is Cn1ncnc1COC(=O)c1cnn(-c2cccc(Cl)c2)c1. The van der Waals surface area contributed by atoms with Crippen LogP contribution in [0.5, 0.6) is 0 Å². The molecule has 3 aromatic rings. The quantitative estimate of drug-likeness (QED) is 0.688. The van der Waals surface area contributed by atoms with Gasteiger partial charge in [0.2, 0.25) is 0 Å². The van der Waals surface area contributed by atoms with Gasteiger partial charge in [-0.1, -0.05) is 17.7 Å². The first-order chi connectivity index (χ1) is 10.6. The van der Waals surface area contributed by atoms with Crippen LogP contribution in [0.25, 0.3) is 5.69 Å². The Morgan fingerprint density at radius 3 is 2.95 bits per heavy atom. The molecule has 1 aromatic carbocycles. The highest BCUT2D eigenvalue weighted by Gasteiger charge is 2.12. The van der Waals surface area contributed by atoms with Crippen molar-refractivity contribution in [3.8, 4) is 5.69 Å². The first-order valence-electron chi connectivity index (χ1n) is 6.44. The molecule has 0 aliphatic heterocycles. The van der Waals surface area contributed by atoms with Crippen molar-refractivity contribution in [2.24, 2.45) is 7.05 Å². The molecule has 0 saturated carbocycles. The Kier molecular flexibility index (Phi) is 3.88. The summed E-state index contributed by atoms with van der Waals surface area (Å²) in [5, 5.41) is 8.64. The van der Waals surface area contributed by atoms with Crippen LogP contribution in [0.3, 0.4) is 0 Å². The summed E-state index contributed by atoms with van der Waals surface area (Å²) in [5.74, 6) is 0.0897. The minimum atomic E-state index is -0.476. The fraction of sp³-hybridized carbons (Fsp3) is 0.143. The highest BCUT2D eigenvalue weighted by molar-refractivity contribution is 6.30. The molecule has 7 nitrogen and oxygen atoms in total. The summed E-state index contributed by atoms with van der Waals surface area (Å²) in [5.41, 5.74) is 1.11. The van der Waals surface area contributed by atoms with Gasteiger partial charge >= 0.3 is 5.97 Å². The number of aryl methyl sites for hydroxylation is 1. The van der Waals surface area contributed by atoms with Gasteiger partial charge in [0.05, 0.1) is 17.4 Å². The Balaban J connectivity index is 1.70. The molecule has 0 aliphatic carbocycles. The van der Waals surface area contributed by atoms with Crippen molar-refractivity contribution < 1.29 is 9.53 Å². The molecule has 0 unspecified atom stereocenters. The summed E-state index contributed by atoms with van der Waals surface area (Å²) < 4.78 is 8.29. The largest absolute Gasteiger partial charge is 0.454 e. The lowest BCUT2D eigenvalue weighted by atomic mass is 10.3. The van der Waals surface area contributed by atoms with Crippen LogP contribution in [0.4, 0.5) is 0 Å². The molecule has 2 heterocycles. The van der Waals surface area contributed by atoms with E-state index in [0.29, 0.717) is 16.4 Å². The summed E-state index contributed by atoms with van der Waals surface area (Å²) in [6.07, 6.45) is 4.44. The third-order valence-electron chi connectivity index (χ3n) is 3.03. The molecule has 0 fully saturated rings. The lowest BCUT2D eigenvalue weighted by Crippen LogP contribution is -2.08. The van der Waals surface area contributed by atoms with E-state index >= 15 is 0 Å². The molecular formula is C14H12ClN5O2. The van der Waals surface area contributed by atoms with Crippen LogP contribution in [-0.2, 0) is 18.4 Å². The second kappa shape index (κ2) is 5.98. The minimum Gasteiger partial charge on any atom is -0.454 e. The van der Waals surface area contributed by atoms with Gasteiger partial charge in [0.1, 0.15) is 6.33 Å². The fourth-order valence-corrected chi connectivity index (χ4v) is 2.04. The number of nitrogens with zero attached hydrogens (tertiary/aromatic N) is 5. The second-order valence-corrected chi connectivity index (χ2v) is 4.97. The lowest BCUT2D eigenvalue weighted by molar-refractivity contribution is 0.0458. The number of aromatic nitrogens is 5. The summed E-state index contributed by atoms with van der Waals surface area (Å²) >= 11 is 5.94. The van der Waals surface area contributed by atoms with Crippen LogP contribution in [-0.4, -0.2) is 30.5 Å². The molecule has 112 valence electrons. The van der Waals surface area contributed by atoms with E-state index in [2.05, 4.69) is 15.2 Å². The molecule has 8 heteroatoms. The van der Waals surface area contributed by atoms with Crippen LogP contribution in [0, 0.1) is 0 Å². The van der Waals surface area contributed by atoms with Gasteiger partial charge in [-0.2, -0.15) is 10.2 Å². The van der Waals surface area contributed by atoms with E-state index in [1.807, 2.05) is 12.1 Å². The summed E-state index contributed by atoms with van der Waals surface area (Å²) in [6.45, 7) is 0.0533. The highest BCUT2D eigenvalue weighted by atomic mass is 35.5. The summed E-state index contributed by atoms with van der Waals surface area (Å²) in [7, 11) is 1.73. The molecule has 3 rings (SSSR count). The van der Waals surface area contributed by atoms with E-state index < -0.39 is 5.97 Å². The Bertz CT molecular complexity index is 811. The fourth-order valence-electron chi connectivity index (χ4n) is 1.85. The Morgan fingerprint density at radius 1 is 1.36 bits per heavy atom. The molecule has 0 spiro atoms. The van der Waals surface area contributed by atoms with Crippen molar-refractivity contribution in [2.45, 2.75) is 6.61 Å². The van der Waals surface area contributed by atoms with Gasteiger partial charge in [0.25, 0.3) is 0 Å². The third kappa shape index (κ3) is 2.99. The molecule has 0 N–H and O–H groups in total. The third-order valence-corrected chi connectivity index (χ3v) is 3.26. The zero-order valence-electron chi connectivity index (χ0n) is 11.7. The molecule has 0 saturated heterocycles. The van der Waals surface area contributed by atoms with Gasteiger partial charge in [0, 0.05) is 18.3 Å². The zero-order chi connectivity index (χ0) is 15.5. The second-order valence-electron chi connectivity index (χ2n) is 4.53. The number of ether oxygens (including phenoxy) is 1. The van der Waals surface area contributed by atoms with Gasteiger partial charge in [-0.05, 0) is 18.2 Å². The maximum atomic E-state index is 12.0. The van der Waals surface area contributed by atoms with Crippen molar-refractivity contribution >= 4 is 17.6 Å². The zero-order valence-corrected chi connectivity index (χ0v) is 12.4. The van der Waals surface area contributed by atoms with Crippen LogP contribution >= 0.6 is 11.6 Å². The predicted octanol–water partition coefficient (Wildman–Crippen LogP) is 2.01. The van der Waals surface area contributed by atoms with Gasteiger partial charge in [-0.15, -0.1) is 0 Å². The van der Waals surface area contributed by atoms with Gasteiger partial charge in [0.15, 0.2) is 12.4 Å². The van der Waals surface area contributed by atoms with Crippen LogP contribution in [0.15, 0.2) is 43.0 Å². The number of hydrogen-bond donors (Lipinski definition) is 0. The first-order valence-corrected chi connectivity index (χ1v) is 6.82. The Labute approximate surface area is 131 Å². The maximum absolute atomic E-state index is 12.0. The molecule has 2 aromatic heterocycles. The lowest BCUT2D eigenvalue weighted by Gasteiger charge is -2.02. The molecule has 22 heavy (non-hydrogen) atoms. The number of carbonyl (C=O) groups is 1. The van der Waals surface area contributed by atoms with Crippen LogP contribution in [0.2, 0.25) is 5.02 Å². The topological polar surface area (TPSA) is 74.8 Å². The number of rotatable bonds is 4. The van der Waals surface area contributed by atoms with E-state index in [-0.39, 0.29) is 6.61 Å². The number of esters is 1. The molecular weight excluding hydrogens is 306 g/mol. The van der Waals surface area contributed by atoms with E-state index in [1.54, 1.807) is 34.7 Å². The van der Waals surface area contributed by atoms with Crippen molar-refractivity contribution in [1.82, 2.24) is 24.5 Å². The predicted molar refractivity (Wildman–Crippen MR) is 78.7 cm³/mol. The average Bonchev–Trinajstić information content (AvgIpc) is 3.14. The van der Waals surface area contributed by atoms with E-state index in [1.165, 1.54) is 12.5 Å². The maximum Gasteiger partial charge on any atom is 0.341 e. The normalized spacial score (nSPS) is 10.6. The number of benzene rings is 1. The molecule has 0 atom stereocenters. The van der Waals surface area contributed by atoms with Crippen molar-refractivity contribution in [1.29, 1.82) is 0 Å². The Morgan fingerprint density at radius 2 is 2.23 bits per heavy atom. The van der Waals surface area contributed by atoms with E-state index in [4.69, 9.17) is 16.3 Å². The molecule has 0 radical (unpaired) electrons. The monoisotopic (exact) mass is 317 g/mol. The standard InChI is InChI=1S/C14H12ClN5O2/c1-19-13(16-9-18-19)8-22-14(21)10-6-17-20(7-10)12-4-2-3-11(15)5-12/h2-7,9H,8H2,1H3. The smallest absolute Gasteiger partial charge is 0.341 e. The summed E-state index contributed by atoms with van der Waals surface area (Å²) in [6, 6.07) is 7.17. The Hall–Kier alpha value is -2.67. The molecule has 0 aliphatic rings. The van der Waals surface area contributed by atoms with Crippen LogP contribution in [0.1, 0.15) is 16.2 Å².